The van der Waals surface area contributed by atoms with E-state index >= 15 is 0 Å². The van der Waals surface area contributed by atoms with Gasteiger partial charge in [-0.05, 0) is 123 Å². The molecule has 0 spiro atoms. The normalized spacial score (nSPS) is 33.9. The summed E-state index contributed by atoms with van der Waals surface area (Å²) in [4.78, 5) is 0. The van der Waals surface area contributed by atoms with Gasteiger partial charge in [-0.2, -0.15) is 0 Å². The van der Waals surface area contributed by atoms with E-state index in [2.05, 4.69) is 99.6 Å². The second-order valence-corrected chi connectivity index (χ2v) is 17.1. The smallest absolute Gasteiger partial charge is 0.133 e. The lowest BCUT2D eigenvalue weighted by atomic mass is 9.49. The van der Waals surface area contributed by atoms with Crippen LogP contribution >= 0.6 is 0 Å². The van der Waals surface area contributed by atoms with Gasteiger partial charge in [-0.25, -0.2) is 0 Å². The van der Waals surface area contributed by atoms with Gasteiger partial charge in [0.2, 0.25) is 0 Å². The molecular weight excluding hydrogens is 528 g/mol. The summed E-state index contributed by atoms with van der Waals surface area (Å²) in [5.41, 5.74) is 7.02. The molecule has 6 atom stereocenters. The molecular formula is C40H56O3. The van der Waals surface area contributed by atoms with Gasteiger partial charge in [-0.15, -0.1) is 0 Å². The number of ether oxygens (including phenoxy) is 1. The molecule has 2 fully saturated rings. The molecule has 2 N–H and O–H groups in total. The van der Waals surface area contributed by atoms with Crippen LogP contribution in [-0.2, 0) is 10.8 Å². The lowest BCUT2D eigenvalue weighted by Crippen LogP contribution is -2.57. The number of aliphatic hydroxyl groups is 1. The third-order valence-electron chi connectivity index (χ3n) is 12.6. The van der Waals surface area contributed by atoms with Crippen molar-refractivity contribution in [3.63, 3.8) is 0 Å². The molecule has 0 bridgehead atoms. The largest absolute Gasteiger partial charge is 0.508 e. The van der Waals surface area contributed by atoms with Crippen LogP contribution in [0, 0.1) is 22.7 Å². The Hall–Kier alpha value is -2.26. The van der Waals surface area contributed by atoms with Gasteiger partial charge < -0.3 is 14.9 Å². The predicted molar refractivity (Wildman–Crippen MR) is 178 cm³/mol. The highest BCUT2D eigenvalue weighted by Gasteiger charge is 2.58. The number of rotatable bonds is 4. The second kappa shape index (κ2) is 10.1. The van der Waals surface area contributed by atoms with Gasteiger partial charge in [0.05, 0.1) is 0 Å². The van der Waals surface area contributed by atoms with E-state index in [1.807, 2.05) is 6.07 Å². The van der Waals surface area contributed by atoms with Crippen molar-refractivity contribution in [2.24, 2.45) is 22.7 Å². The Kier molecular flexibility index (Phi) is 7.24. The van der Waals surface area contributed by atoms with Crippen LogP contribution in [0.1, 0.15) is 159 Å². The fourth-order valence-electron chi connectivity index (χ4n) is 10.5. The zero-order valence-corrected chi connectivity index (χ0v) is 28.5. The van der Waals surface area contributed by atoms with E-state index in [0.717, 1.165) is 41.7 Å². The van der Waals surface area contributed by atoms with Gasteiger partial charge in [0.25, 0.3) is 0 Å². The van der Waals surface area contributed by atoms with Crippen LogP contribution in [0.15, 0.2) is 30.3 Å². The summed E-state index contributed by atoms with van der Waals surface area (Å²) >= 11 is 0. The molecule has 0 saturated heterocycles. The summed E-state index contributed by atoms with van der Waals surface area (Å²) in [5, 5.41) is 23.4. The van der Waals surface area contributed by atoms with Crippen LogP contribution in [0.4, 0.5) is 0 Å². The van der Waals surface area contributed by atoms with E-state index in [9.17, 15) is 10.2 Å². The Morgan fingerprint density at radius 3 is 2.02 bits per heavy atom. The summed E-state index contributed by atoms with van der Waals surface area (Å²) < 4.78 is 7.32. The van der Waals surface area contributed by atoms with E-state index in [1.54, 1.807) is 0 Å². The van der Waals surface area contributed by atoms with Crippen LogP contribution in [0.25, 0.3) is 6.08 Å². The van der Waals surface area contributed by atoms with Crippen molar-refractivity contribution in [3.05, 3.63) is 63.7 Å². The number of aliphatic hydroxyl groups excluding tert-OH is 1. The van der Waals surface area contributed by atoms with E-state index in [1.165, 1.54) is 36.0 Å². The maximum atomic E-state index is 12.3. The van der Waals surface area contributed by atoms with Crippen molar-refractivity contribution in [1.82, 2.24) is 0 Å². The van der Waals surface area contributed by atoms with Crippen molar-refractivity contribution in [3.8, 4) is 11.5 Å². The van der Waals surface area contributed by atoms with Crippen LogP contribution in [0.2, 0.25) is 0 Å². The number of fused-ring (bicyclic) bond motifs is 6. The van der Waals surface area contributed by atoms with E-state index < -0.39 is 6.10 Å². The molecule has 0 amide bonds. The van der Waals surface area contributed by atoms with Gasteiger partial charge in [0.1, 0.15) is 23.7 Å². The van der Waals surface area contributed by atoms with Gasteiger partial charge in [0, 0.05) is 5.92 Å². The molecule has 234 valence electrons. The zero-order valence-electron chi connectivity index (χ0n) is 28.5. The molecule has 2 saturated carbocycles. The first-order valence-corrected chi connectivity index (χ1v) is 17.1. The van der Waals surface area contributed by atoms with Gasteiger partial charge in [0.15, 0.2) is 0 Å². The monoisotopic (exact) mass is 584 g/mol. The summed E-state index contributed by atoms with van der Waals surface area (Å²) in [5.74, 6) is 2.37. The third-order valence-corrected chi connectivity index (χ3v) is 12.6. The van der Waals surface area contributed by atoms with E-state index in [4.69, 9.17) is 4.74 Å². The molecule has 4 aliphatic carbocycles. The molecule has 6 rings (SSSR count). The Morgan fingerprint density at radius 1 is 0.744 bits per heavy atom. The first kappa shape index (κ1) is 30.8. The average molecular weight is 585 g/mol. The molecule has 43 heavy (non-hydrogen) atoms. The number of aromatic hydroxyl groups is 1. The minimum Gasteiger partial charge on any atom is -0.508 e. The van der Waals surface area contributed by atoms with Crippen LogP contribution < -0.4 is 4.74 Å². The van der Waals surface area contributed by atoms with E-state index in [0.29, 0.717) is 17.6 Å². The van der Waals surface area contributed by atoms with Crippen LogP contribution in [-0.4, -0.2) is 16.3 Å². The molecule has 0 aliphatic heterocycles. The fraction of sp³-hybridized carbons (Fsp3) is 0.650. The minimum atomic E-state index is -0.767. The van der Waals surface area contributed by atoms with Gasteiger partial charge in [-0.3, -0.25) is 0 Å². The summed E-state index contributed by atoms with van der Waals surface area (Å²) in [7, 11) is 0. The molecule has 3 nitrogen and oxygen atoms in total. The second-order valence-electron chi connectivity index (χ2n) is 17.1. The molecule has 0 heterocycles. The highest BCUT2D eigenvalue weighted by atomic mass is 16.5. The van der Waals surface area contributed by atoms with Crippen molar-refractivity contribution in [2.75, 3.05) is 0 Å². The molecule has 0 radical (unpaired) electrons. The number of phenolic OH excluding ortho intramolecular Hbond substituents is 1. The van der Waals surface area contributed by atoms with E-state index in [-0.39, 0.29) is 39.6 Å². The fourth-order valence-corrected chi connectivity index (χ4v) is 10.5. The predicted octanol–water partition coefficient (Wildman–Crippen LogP) is 10.3. The lowest BCUT2D eigenvalue weighted by molar-refractivity contribution is -0.101. The first-order valence-electron chi connectivity index (χ1n) is 17.1. The molecule has 6 unspecified atom stereocenters. The molecule has 3 heteroatoms. The van der Waals surface area contributed by atoms with Gasteiger partial charge in [-0.1, -0.05) is 94.2 Å². The van der Waals surface area contributed by atoms with Crippen molar-refractivity contribution < 1.29 is 14.9 Å². The Bertz CT molecular complexity index is 1440. The highest BCUT2D eigenvalue weighted by Crippen LogP contribution is 2.61. The van der Waals surface area contributed by atoms with Crippen molar-refractivity contribution in [1.29, 1.82) is 0 Å². The highest BCUT2D eigenvalue weighted by molar-refractivity contribution is 5.65. The number of allylic oxidation sites excluding steroid dienone is 1. The summed E-state index contributed by atoms with van der Waals surface area (Å²) in [6.07, 6.45) is 10.7. The summed E-state index contributed by atoms with van der Waals surface area (Å²) in [6.45, 7) is 23.2. The quantitative estimate of drug-likeness (QED) is 0.376. The zero-order chi connectivity index (χ0) is 31.3. The third kappa shape index (κ3) is 4.62. The summed E-state index contributed by atoms with van der Waals surface area (Å²) in [6, 6.07) is 8.83. The molecule has 2 aromatic rings. The Morgan fingerprint density at radius 2 is 1.37 bits per heavy atom. The van der Waals surface area contributed by atoms with Gasteiger partial charge >= 0.3 is 0 Å². The Balaban J connectivity index is 1.52. The van der Waals surface area contributed by atoms with Crippen LogP contribution in [0.5, 0.6) is 11.5 Å². The maximum absolute atomic E-state index is 12.3. The lowest BCUT2D eigenvalue weighted by Gasteiger charge is -2.58. The number of hydrogen-bond donors (Lipinski definition) is 2. The SMILES string of the molecule is CC(C)c1cc2c(cc1O)C1(C)CCCC(C)(C)C1C(Oc1cc3c(cc1C(C)C)C=CC1C(C)(C)CCCC31C)C2O. The van der Waals surface area contributed by atoms with Crippen molar-refractivity contribution in [2.45, 2.75) is 143 Å². The topological polar surface area (TPSA) is 49.7 Å². The number of phenols is 1. The molecule has 0 aromatic heterocycles. The maximum Gasteiger partial charge on any atom is 0.133 e. The number of benzene rings is 2. The number of hydrogen-bond acceptors (Lipinski definition) is 3. The van der Waals surface area contributed by atoms with Crippen molar-refractivity contribution >= 4 is 6.08 Å². The molecule has 2 aromatic carbocycles. The molecule has 4 aliphatic rings. The minimum absolute atomic E-state index is 0.0257. The van der Waals surface area contributed by atoms with Crippen LogP contribution in [0.3, 0.4) is 0 Å². The standard InChI is InChI=1S/C40H56O3/c1-23(2)26-20-28-30(21-31(26)41)40(10)18-12-16-38(7,8)36(40)35(34(28)42)43-32-22-29-25(19-27(32)24(3)4)13-14-33-37(5,6)15-11-17-39(29,33)9/h13-14,19-24,33-36,41-42H,11-12,15-18H2,1-10H3. The Labute approximate surface area is 261 Å². The first-order chi connectivity index (χ1) is 20.0. The average Bonchev–Trinajstić information content (AvgIpc) is 2.90.